The first kappa shape index (κ1) is 33.0. The molecule has 2 aromatic heterocycles. The van der Waals surface area contributed by atoms with Crippen molar-refractivity contribution in [1.29, 1.82) is 0 Å². The maximum absolute atomic E-state index is 13.5. The summed E-state index contributed by atoms with van der Waals surface area (Å²) in [6, 6.07) is 4.03. The number of fused-ring (bicyclic) bond motifs is 1. The van der Waals surface area contributed by atoms with Gasteiger partial charge in [0.25, 0.3) is 11.8 Å². The molecule has 6 rings (SSSR count). The number of methoxy groups -OCH3 is 2. The molecule has 2 fully saturated rings. The van der Waals surface area contributed by atoms with Gasteiger partial charge in [0.15, 0.2) is 11.3 Å². The number of nitrogens with two attached hydrogens (primary N) is 1. The second-order valence-corrected chi connectivity index (χ2v) is 12.8. The molecule has 0 radical (unpaired) electrons. The van der Waals surface area contributed by atoms with Crippen LogP contribution in [0.3, 0.4) is 0 Å². The van der Waals surface area contributed by atoms with Crippen molar-refractivity contribution < 1.29 is 23.9 Å². The highest BCUT2D eigenvalue weighted by molar-refractivity contribution is 6.12. The summed E-state index contributed by atoms with van der Waals surface area (Å²) in [5, 5.41) is 8.10. The second kappa shape index (κ2) is 14.5. The highest BCUT2D eigenvalue weighted by Gasteiger charge is 2.34. The molecule has 256 valence electrons. The van der Waals surface area contributed by atoms with Gasteiger partial charge in [-0.25, -0.2) is 4.98 Å². The molecular formula is C34H45N9O5. The van der Waals surface area contributed by atoms with E-state index >= 15 is 0 Å². The molecular weight excluding hydrogens is 614 g/mol. The van der Waals surface area contributed by atoms with Crippen LogP contribution in [-0.2, 0) is 20.9 Å². The lowest BCUT2D eigenvalue weighted by Crippen LogP contribution is -2.51. The summed E-state index contributed by atoms with van der Waals surface area (Å²) in [5.41, 5.74) is 9.10. The van der Waals surface area contributed by atoms with Crippen LogP contribution in [0.2, 0.25) is 0 Å². The van der Waals surface area contributed by atoms with E-state index in [1.165, 1.54) is 17.1 Å². The van der Waals surface area contributed by atoms with Crippen molar-refractivity contribution in [2.75, 3.05) is 69.4 Å². The highest BCUT2D eigenvalue weighted by atomic mass is 16.5. The molecule has 0 spiro atoms. The Morgan fingerprint density at radius 3 is 2.27 bits per heavy atom. The Bertz CT molecular complexity index is 1650. The average molecular weight is 660 g/mol. The Kier molecular flexibility index (Phi) is 9.97. The van der Waals surface area contributed by atoms with Crippen LogP contribution in [0.4, 0.5) is 17.5 Å². The maximum atomic E-state index is 13.5. The van der Waals surface area contributed by atoms with Gasteiger partial charge < -0.3 is 30.3 Å². The van der Waals surface area contributed by atoms with Crippen LogP contribution in [0.15, 0.2) is 30.5 Å². The van der Waals surface area contributed by atoms with Crippen LogP contribution < -0.4 is 25.4 Å². The van der Waals surface area contributed by atoms with E-state index in [9.17, 15) is 14.4 Å². The van der Waals surface area contributed by atoms with Crippen LogP contribution in [-0.4, -0.2) is 101 Å². The van der Waals surface area contributed by atoms with Gasteiger partial charge in [-0.05, 0) is 38.0 Å². The molecule has 4 heterocycles. The summed E-state index contributed by atoms with van der Waals surface area (Å²) in [6.45, 7) is 6.38. The number of hydrogen-bond acceptors (Lipinski definition) is 11. The van der Waals surface area contributed by atoms with Gasteiger partial charge in [0, 0.05) is 75.2 Å². The zero-order valence-corrected chi connectivity index (χ0v) is 28.0. The predicted octanol–water partition coefficient (Wildman–Crippen LogP) is 3.07. The Labute approximate surface area is 280 Å². The number of piperazine rings is 1. The smallest absolute Gasteiger partial charge is 0.253 e. The standard InChI is InChI=1S/C34H45N9O5/c1-4-5-12-36-32-31-26(37-34(35)38-32)21-42(39-31)20-25-27(47-2)17-24(18-28(25)48-3)40-13-15-41(16-14-40)33(46)23-8-6-22(7-9-23)19-43-29(44)10-11-30(43)45/h10-11,17-18,21-23H,4-9,12-16,19-20H2,1-3H3,(H3,35,36,37,38). The van der Waals surface area contributed by atoms with Gasteiger partial charge in [-0.15, -0.1) is 0 Å². The van der Waals surface area contributed by atoms with E-state index in [4.69, 9.17) is 20.3 Å². The molecule has 14 heteroatoms. The number of hydrogen-bond donors (Lipinski definition) is 2. The Morgan fingerprint density at radius 2 is 1.65 bits per heavy atom. The van der Waals surface area contributed by atoms with Crippen LogP contribution in [0.1, 0.15) is 51.0 Å². The first-order chi connectivity index (χ1) is 23.3. The molecule has 48 heavy (non-hydrogen) atoms. The number of nitrogen functional groups attached to an aromatic ring is 1. The van der Waals surface area contributed by atoms with Gasteiger partial charge in [-0.3, -0.25) is 24.0 Å². The minimum atomic E-state index is -0.238. The SMILES string of the molecule is CCCCNc1nc(N)nc2cn(Cc3c(OC)cc(N4CCN(C(=O)C5CCC(CN6C(=O)C=CC6=O)CC5)CC4)cc3OC)nc12. The number of imide groups is 1. The number of nitrogens with zero attached hydrogens (tertiary/aromatic N) is 7. The number of aromatic nitrogens is 4. The zero-order chi connectivity index (χ0) is 33.8. The van der Waals surface area contributed by atoms with Gasteiger partial charge >= 0.3 is 0 Å². The van der Waals surface area contributed by atoms with E-state index in [2.05, 4.69) is 27.1 Å². The number of carbonyl (C=O) groups is 3. The number of unbranched alkanes of at least 4 members (excludes halogenated alkanes) is 1. The van der Waals surface area contributed by atoms with E-state index in [1.807, 2.05) is 23.2 Å². The van der Waals surface area contributed by atoms with Crippen molar-refractivity contribution in [3.05, 3.63) is 36.0 Å². The lowest BCUT2D eigenvalue weighted by molar-refractivity contribution is -0.140. The molecule has 14 nitrogen and oxygen atoms in total. The zero-order valence-electron chi connectivity index (χ0n) is 28.0. The third-order valence-corrected chi connectivity index (χ3v) is 9.66. The van der Waals surface area contributed by atoms with Crippen LogP contribution in [0, 0.1) is 11.8 Å². The monoisotopic (exact) mass is 659 g/mol. The normalized spacial score (nSPS) is 19.8. The minimum absolute atomic E-state index is 0.0139. The van der Waals surface area contributed by atoms with E-state index in [0.717, 1.165) is 56.3 Å². The predicted molar refractivity (Wildman–Crippen MR) is 182 cm³/mol. The summed E-state index contributed by atoms with van der Waals surface area (Å²) in [6.07, 6.45) is 9.82. The number of ether oxygens (including phenoxy) is 2. The minimum Gasteiger partial charge on any atom is -0.496 e. The second-order valence-electron chi connectivity index (χ2n) is 12.8. The molecule has 2 aliphatic heterocycles. The molecule has 1 saturated carbocycles. The summed E-state index contributed by atoms with van der Waals surface area (Å²) in [7, 11) is 3.29. The first-order valence-corrected chi connectivity index (χ1v) is 16.8. The number of anilines is 3. The quantitative estimate of drug-likeness (QED) is 0.217. The molecule has 3 amide bonds. The molecule has 0 atom stereocenters. The molecule has 1 aromatic carbocycles. The number of nitrogens with one attached hydrogen (secondary N) is 1. The number of carbonyl (C=O) groups excluding carboxylic acids is 3. The average Bonchev–Trinajstić information content (AvgIpc) is 3.66. The summed E-state index contributed by atoms with van der Waals surface area (Å²) >= 11 is 0. The van der Waals surface area contributed by atoms with Crippen LogP contribution >= 0.6 is 0 Å². The Balaban J connectivity index is 1.08. The Morgan fingerprint density at radius 1 is 0.979 bits per heavy atom. The largest absolute Gasteiger partial charge is 0.496 e. The van der Waals surface area contributed by atoms with Crippen molar-refractivity contribution in [3.8, 4) is 11.5 Å². The number of benzene rings is 1. The van der Waals surface area contributed by atoms with Crippen molar-refractivity contribution >= 4 is 46.2 Å². The van der Waals surface area contributed by atoms with Gasteiger partial charge in [0.2, 0.25) is 11.9 Å². The lowest BCUT2D eigenvalue weighted by atomic mass is 9.81. The molecule has 3 aromatic rings. The maximum Gasteiger partial charge on any atom is 0.253 e. The molecule has 1 saturated heterocycles. The summed E-state index contributed by atoms with van der Waals surface area (Å²) < 4.78 is 13.5. The molecule has 0 bridgehead atoms. The van der Waals surface area contributed by atoms with Gasteiger partial charge in [-0.2, -0.15) is 10.1 Å². The molecule has 3 aliphatic rings. The van der Waals surface area contributed by atoms with E-state index in [-0.39, 0.29) is 35.5 Å². The lowest BCUT2D eigenvalue weighted by Gasteiger charge is -2.39. The van der Waals surface area contributed by atoms with E-state index in [1.54, 1.807) is 18.9 Å². The third kappa shape index (κ3) is 7.02. The van der Waals surface area contributed by atoms with E-state index < -0.39 is 0 Å². The van der Waals surface area contributed by atoms with E-state index in [0.29, 0.717) is 67.6 Å². The fourth-order valence-corrected chi connectivity index (χ4v) is 6.94. The third-order valence-electron chi connectivity index (χ3n) is 9.66. The molecule has 0 unspecified atom stereocenters. The van der Waals surface area contributed by atoms with Gasteiger partial charge in [-0.1, -0.05) is 13.3 Å². The summed E-state index contributed by atoms with van der Waals surface area (Å²) in [5.74, 6) is 2.13. The van der Waals surface area contributed by atoms with Crippen molar-refractivity contribution in [2.24, 2.45) is 11.8 Å². The van der Waals surface area contributed by atoms with Crippen molar-refractivity contribution in [1.82, 2.24) is 29.5 Å². The number of amides is 3. The fourth-order valence-electron chi connectivity index (χ4n) is 6.94. The number of rotatable bonds is 12. The highest BCUT2D eigenvalue weighted by Crippen LogP contribution is 2.37. The van der Waals surface area contributed by atoms with Crippen molar-refractivity contribution in [3.63, 3.8) is 0 Å². The van der Waals surface area contributed by atoms with Crippen LogP contribution in [0.25, 0.3) is 11.0 Å². The van der Waals surface area contributed by atoms with Gasteiger partial charge in [0.05, 0.1) is 32.5 Å². The van der Waals surface area contributed by atoms with Crippen LogP contribution in [0.5, 0.6) is 11.5 Å². The molecule has 3 N–H and O–H groups in total. The Hall–Kier alpha value is -4.88. The van der Waals surface area contributed by atoms with Crippen molar-refractivity contribution in [2.45, 2.75) is 52.0 Å². The molecule has 1 aliphatic carbocycles. The van der Waals surface area contributed by atoms with Gasteiger partial charge in [0.1, 0.15) is 17.0 Å². The summed E-state index contributed by atoms with van der Waals surface area (Å²) in [4.78, 5) is 51.6. The topological polar surface area (TPSA) is 161 Å². The fraction of sp³-hybridized carbons (Fsp3) is 0.529. The first-order valence-electron chi connectivity index (χ1n) is 16.8.